The Morgan fingerprint density at radius 2 is 2.03 bits per heavy atom. The van der Waals surface area contributed by atoms with Crippen molar-refractivity contribution in [2.24, 2.45) is 0 Å². The van der Waals surface area contributed by atoms with Crippen molar-refractivity contribution in [2.45, 2.75) is 32.4 Å². The van der Waals surface area contributed by atoms with E-state index in [-0.39, 0.29) is 17.4 Å². The number of aliphatic hydroxyl groups excluding tert-OH is 1. The van der Waals surface area contributed by atoms with E-state index in [0.717, 1.165) is 38.4 Å². The molecule has 2 aliphatic heterocycles. The molecule has 8 heteroatoms. The van der Waals surface area contributed by atoms with Crippen molar-refractivity contribution in [2.75, 3.05) is 4.90 Å². The summed E-state index contributed by atoms with van der Waals surface area (Å²) in [6.07, 6.45) is 0.788. The van der Waals surface area contributed by atoms with Crippen molar-refractivity contribution >= 4 is 55.5 Å². The van der Waals surface area contributed by atoms with Gasteiger partial charge in [-0.3, -0.25) is 14.5 Å². The summed E-state index contributed by atoms with van der Waals surface area (Å²) in [6.45, 7) is 3.99. The number of ether oxygens (including phenoxy) is 1. The van der Waals surface area contributed by atoms with Crippen LogP contribution in [0.5, 0.6) is 5.75 Å². The molecular weight excluding hydrogens is 468 g/mol. The lowest BCUT2D eigenvalue weighted by molar-refractivity contribution is -0.132. The molecule has 34 heavy (non-hydrogen) atoms. The number of thiazole rings is 1. The lowest BCUT2D eigenvalue weighted by Gasteiger charge is -2.21. The lowest BCUT2D eigenvalue weighted by atomic mass is 9.98. The van der Waals surface area contributed by atoms with E-state index in [9.17, 15) is 14.7 Å². The highest BCUT2D eigenvalue weighted by Gasteiger charge is 2.48. The largest absolute Gasteiger partial charge is 0.507 e. The zero-order chi connectivity index (χ0) is 23.6. The van der Waals surface area contributed by atoms with Crippen LogP contribution in [0.3, 0.4) is 0 Å². The fourth-order valence-corrected chi connectivity index (χ4v) is 6.51. The van der Waals surface area contributed by atoms with Gasteiger partial charge in [-0.15, -0.1) is 11.3 Å². The van der Waals surface area contributed by atoms with Crippen LogP contribution in [0, 0.1) is 6.92 Å². The fourth-order valence-electron chi connectivity index (χ4n) is 4.59. The molecule has 170 valence electrons. The number of amides is 1. The van der Waals surface area contributed by atoms with Gasteiger partial charge in [0, 0.05) is 16.9 Å². The van der Waals surface area contributed by atoms with Gasteiger partial charge in [0.2, 0.25) is 0 Å². The maximum absolute atomic E-state index is 13.3. The first kappa shape index (κ1) is 21.1. The van der Waals surface area contributed by atoms with E-state index in [1.165, 1.54) is 27.6 Å². The standard InChI is InChI=1S/C26H20N2O4S2/c1-13-5-7-17-20(10-13)34-26(27-17)28-22(19-4-3-9-33-19)21(24(30)25(28)31)23(29)15-6-8-18-16(12-15)11-14(2)32-18/h3-10,12,14,22,29H,11H2,1-2H3/t14-,22+/m1/s1. The molecule has 0 saturated carbocycles. The monoisotopic (exact) mass is 488 g/mol. The Labute approximate surface area is 203 Å². The van der Waals surface area contributed by atoms with Crippen LogP contribution in [-0.2, 0) is 16.0 Å². The number of carbonyl (C=O) groups excluding carboxylic acids is 2. The number of fused-ring (bicyclic) bond motifs is 2. The van der Waals surface area contributed by atoms with Gasteiger partial charge in [0.05, 0.1) is 15.8 Å². The molecule has 0 spiro atoms. The molecule has 0 aliphatic carbocycles. The maximum Gasteiger partial charge on any atom is 0.301 e. The summed E-state index contributed by atoms with van der Waals surface area (Å²) in [5.41, 5.74) is 3.41. The molecule has 6 nitrogen and oxygen atoms in total. The minimum atomic E-state index is -0.745. The first-order chi connectivity index (χ1) is 16.4. The minimum absolute atomic E-state index is 0.0618. The molecule has 6 rings (SSSR count). The first-order valence-corrected chi connectivity index (χ1v) is 12.6. The Balaban J connectivity index is 1.51. The number of hydrogen-bond donors (Lipinski definition) is 1. The number of ketones is 1. The number of carbonyl (C=O) groups is 2. The number of Topliss-reactive ketones (excluding diaryl/α,β-unsaturated/α-hetero) is 1. The molecule has 0 unspecified atom stereocenters. The van der Waals surface area contributed by atoms with Crippen molar-refractivity contribution in [1.82, 2.24) is 4.98 Å². The number of aryl methyl sites for hydroxylation is 1. The molecule has 0 radical (unpaired) electrons. The van der Waals surface area contributed by atoms with Crippen molar-refractivity contribution < 1.29 is 19.4 Å². The second kappa shape index (κ2) is 7.78. The van der Waals surface area contributed by atoms with Crippen molar-refractivity contribution in [3.05, 3.63) is 81.1 Å². The van der Waals surface area contributed by atoms with Gasteiger partial charge < -0.3 is 9.84 Å². The van der Waals surface area contributed by atoms with Crippen LogP contribution in [0.1, 0.15) is 34.5 Å². The summed E-state index contributed by atoms with van der Waals surface area (Å²) in [4.78, 5) is 33.5. The summed E-state index contributed by atoms with van der Waals surface area (Å²) < 4.78 is 6.70. The van der Waals surface area contributed by atoms with Crippen LogP contribution in [-0.4, -0.2) is 27.9 Å². The normalized spacial score (nSPS) is 21.3. The predicted octanol–water partition coefficient (Wildman–Crippen LogP) is 5.62. The highest BCUT2D eigenvalue weighted by Crippen LogP contribution is 2.46. The molecule has 1 amide bonds. The molecule has 1 fully saturated rings. The molecule has 1 N–H and O–H groups in total. The maximum atomic E-state index is 13.3. The third-order valence-corrected chi connectivity index (χ3v) is 8.11. The Kier molecular flexibility index (Phi) is 4.82. The predicted molar refractivity (Wildman–Crippen MR) is 134 cm³/mol. The molecule has 2 aromatic heterocycles. The first-order valence-electron chi connectivity index (χ1n) is 10.9. The number of rotatable bonds is 3. The van der Waals surface area contributed by atoms with Gasteiger partial charge in [0.15, 0.2) is 5.13 Å². The second-order valence-corrected chi connectivity index (χ2v) is 10.6. The number of anilines is 1. The van der Waals surface area contributed by atoms with E-state index in [1.807, 2.05) is 55.6 Å². The highest BCUT2D eigenvalue weighted by molar-refractivity contribution is 7.22. The number of thiophene rings is 1. The summed E-state index contributed by atoms with van der Waals surface area (Å²) in [6, 6.07) is 14.3. The van der Waals surface area contributed by atoms with Crippen molar-refractivity contribution in [1.29, 1.82) is 0 Å². The van der Waals surface area contributed by atoms with Gasteiger partial charge in [-0.2, -0.15) is 0 Å². The van der Waals surface area contributed by atoms with Gasteiger partial charge in [-0.05, 0) is 66.8 Å². The number of aliphatic hydroxyl groups is 1. The molecule has 2 aliphatic rings. The van der Waals surface area contributed by atoms with Gasteiger partial charge >= 0.3 is 5.91 Å². The molecule has 1 saturated heterocycles. The SMILES string of the molecule is Cc1ccc2nc(N3C(=O)C(=O)C(=C(O)c4ccc5c(c4)C[C@@H](C)O5)[C@@H]3c3cccs3)sc2c1. The average molecular weight is 489 g/mol. The Morgan fingerprint density at radius 1 is 1.18 bits per heavy atom. The molecule has 2 atom stereocenters. The van der Waals surface area contributed by atoms with Crippen LogP contribution in [0.25, 0.3) is 16.0 Å². The van der Waals surface area contributed by atoms with E-state index in [2.05, 4.69) is 4.98 Å². The lowest BCUT2D eigenvalue weighted by Crippen LogP contribution is -2.28. The van der Waals surface area contributed by atoms with Crippen LogP contribution in [0.15, 0.2) is 59.5 Å². The topological polar surface area (TPSA) is 79.7 Å². The number of hydrogen-bond acceptors (Lipinski definition) is 7. The number of nitrogens with zero attached hydrogens (tertiary/aromatic N) is 2. The zero-order valence-electron chi connectivity index (χ0n) is 18.4. The fraction of sp³-hybridized carbons (Fsp3) is 0.192. The van der Waals surface area contributed by atoms with Crippen LogP contribution >= 0.6 is 22.7 Å². The molecule has 0 bridgehead atoms. The second-order valence-electron chi connectivity index (χ2n) is 8.61. The molecule has 4 aromatic rings. The van der Waals surface area contributed by atoms with Gasteiger partial charge in [-0.25, -0.2) is 4.98 Å². The van der Waals surface area contributed by atoms with E-state index in [1.54, 1.807) is 12.1 Å². The van der Waals surface area contributed by atoms with Crippen LogP contribution in [0.4, 0.5) is 5.13 Å². The quantitative estimate of drug-likeness (QED) is 0.230. The average Bonchev–Trinajstić information content (AvgIpc) is 3.58. The Morgan fingerprint density at radius 3 is 2.82 bits per heavy atom. The molecule has 4 heterocycles. The van der Waals surface area contributed by atoms with Gasteiger partial charge in [-0.1, -0.05) is 23.5 Å². The van der Waals surface area contributed by atoms with Gasteiger partial charge in [0.25, 0.3) is 5.78 Å². The zero-order valence-corrected chi connectivity index (χ0v) is 20.1. The third kappa shape index (κ3) is 3.25. The van der Waals surface area contributed by atoms with Crippen LogP contribution in [0.2, 0.25) is 0 Å². The van der Waals surface area contributed by atoms with E-state index >= 15 is 0 Å². The third-order valence-electron chi connectivity index (χ3n) is 6.17. The van der Waals surface area contributed by atoms with Crippen molar-refractivity contribution in [3.8, 4) is 5.75 Å². The highest BCUT2D eigenvalue weighted by atomic mass is 32.1. The summed E-state index contributed by atoms with van der Waals surface area (Å²) in [5, 5.41) is 13.7. The Hall–Kier alpha value is -3.49. The molecule has 2 aromatic carbocycles. The summed E-state index contributed by atoms with van der Waals surface area (Å²) in [5.74, 6) is -0.798. The van der Waals surface area contributed by atoms with Crippen LogP contribution < -0.4 is 9.64 Å². The van der Waals surface area contributed by atoms with E-state index in [0.29, 0.717) is 10.7 Å². The summed E-state index contributed by atoms with van der Waals surface area (Å²) >= 11 is 2.80. The Bertz CT molecular complexity index is 1500. The van der Waals surface area contributed by atoms with Crippen molar-refractivity contribution in [3.63, 3.8) is 0 Å². The van der Waals surface area contributed by atoms with Gasteiger partial charge in [0.1, 0.15) is 23.7 Å². The van der Waals surface area contributed by atoms with E-state index in [4.69, 9.17) is 4.74 Å². The minimum Gasteiger partial charge on any atom is -0.507 e. The number of aromatic nitrogens is 1. The molecular formula is C26H20N2O4S2. The summed E-state index contributed by atoms with van der Waals surface area (Å²) in [7, 11) is 0. The van der Waals surface area contributed by atoms with E-state index < -0.39 is 17.7 Å². The smallest absolute Gasteiger partial charge is 0.301 e. The number of benzene rings is 2.